The fraction of sp³-hybridized carbons (Fsp3) is 0.529. The minimum atomic E-state index is -0.548. The highest BCUT2D eigenvalue weighted by Gasteiger charge is 2.31. The van der Waals surface area contributed by atoms with E-state index in [9.17, 15) is 14.7 Å². The van der Waals surface area contributed by atoms with Crippen molar-refractivity contribution in [1.82, 2.24) is 0 Å². The second-order valence-corrected chi connectivity index (χ2v) is 5.87. The first-order valence-corrected chi connectivity index (χ1v) is 7.91. The van der Waals surface area contributed by atoms with Gasteiger partial charge in [0.25, 0.3) is 0 Å². The maximum atomic E-state index is 12.3. The van der Waals surface area contributed by atoms with E-state index in [4.69, 9.17) is 0 Å². The van der Waals surface area contributed by atoms with Gasteiger partial charge in [0.15, 0.2) is 0 Å². The molecule has 1 fully saturated rings. The van der Waals surface area contributed by atoms with Crippen molar-refractivity contribution in [2.45, 2.75) is 52.1 Å². The molecule has 0 aromatic heterocycles. The van der Waals surface area contributed by atoms with E-state index in [1.165, 1.54) is 0 Å². The molecule has 0 bridgehead atoms. The quantitative estimate of drug-likeness (QED) is 0.782. The molecule has 1 aliphatic carbocycles. The Morgan fingerprint density at radius 1 is 1.23 bits per heavy atom. The third kappa shape index (κ3) is 3.85. The van der Waals surface area contributed by atoms with Crippen LogP contribution in [0.15, 0.2) is 18.2 Å². The van der Waals surface area contributed by atoms with E-state index in [1.807, 2.05) is 26.0 Å². The van der Waals surface area contributed by atoms with E-state index < -0.39 is 6.10 Å². The molecule has 22 heavy (non-hydrogen) atoms. The Bertz CT molecular complexity index is 557. The molecule has 0 saturated heterocycles. The van der Waals surface area contributed by atoms with Gasteiger partial charge in [-0.1, -0.05) is 13.0 Å². The van der Waals surface area contributed by atoms with Gasteiger partial charge in [0.05, 0.1) is 12.0 Å². The number of benzene rings is 1. The molecule has 5 heteroatoms. The smallest absolute Gasteiger partial charge is 0.230 e. The van der Waals surface area contributed by atoms with Crippen LogP contribution in [0.3, 0.4) is 0 Å². The number of aliphatic hydroxyl groups excluding tert-OH is 1. The Kier molecular flexibility index (Phi) is 5.55. The Morgan fingerprint density at radius 2 is 1.91 bits per heavy atom. The van der Waals surface area contributed by atoms with Gasteiger partial charge >= 0.3 is 0 Å². The van der Waals surface area contributed by atoms with Gasteiger partial charge in [0.2, 0.25) is 11.8 Å². The van der Waals surface area contributed by atoms with E-state index in [0.717, 1.165) is 24.8 Å². The van der Waals surface area contributed by atoms with Crippen LogP contribution < -0.4 is 10.6 Å². The van der Waals surface area contributed by atoms with E-state index >= 15 is 0 Å². The minimum absolute atomic E-state index is 0.0275. The van der Waals surface area contributed by atoms with Crippen molar-refractivity contribution >= 4 is 23.2 Å². The molecule has 1 aromatic rings. The predicted molar refractivity (Wildman–Crippen MR) is 86.7 cm³/mol. The molecule has 2 amide bonds. The zero-order valence-electron chi connectivity index (χ0n) is 13.2. The van der Waals surface area contributed by atoms with Crippen molar-refractivity contribution in [3.05, 3.63) is 23.8 Å². The molecule has 2 unspecified atom stereocenters. The van der Waals surface area contributed by atoms with Gasteiger partial charge in [0.1, 0.15) is 0 Å². The second kappa shape index (κ2) is 7.40. The summed E-state index contributed by atoms with van der Waals surface area (Å²) in [5.74, 6) is -0.511. The van der Waals surface area contributed by atoms with Crippen LogP contribution in [0.1, 0.15) is 44.6 Å². The maximum Gasteiger partial charge on any atom is 0.230 e. The zero-order valence-corrected chi connectivity index (χ0v) is 13.2. The number of aliphatic hydroxyl groups is 1. The van der Waals surface area contributed by atoms with Crippen molar-refractivity contribution in [3.63, 3.8) is 0 Å². The van der Waals surface area contributed by atoms with Crippen molar-refractivity contribution in [2.24, 2.45) is 5.92 Å². The molecule has 2 rings (SSSR count). The molecular formula is C17H24N2O3. The van der Waals surface area contributed by atoms with Gasteiger partial charge in [-0.05, 0) is 50.3 Å². The molecule has 3 N–H and O–H groups in total. The summed E-state index contributed by atoms with van der Waals surface area (Å²) in [6, 6.07) is 5.43. The number of hydrogen-bond donors (Lipinski definition) is 3. The average Bonchev–Trinajstić information content (AvgIpc) is 2.90. The third-order valence-electron chi connectivity index (χ3n) is 4.16. The monoisotopic (exact) mass is 304 g/mol. The fourth-order valence-electron chi connectivity index (χ4n) is 2.82. The molecular weight excluding hydrogens is 280 g/mol. The van der Waals surface area contributed by atoms with Gasteiger partial charge in [0, 0.05) is 17.8 Å². The normalized spacial score (nSPS) is 20.7. The molecule has 1 aromatic carbocycles. The van der Waals surface area contributed by atoms with Crippen LogP contribution in [-0.2, 0) is 9.59 Å². The molecule has 5 nitrogen and oxygen atoms in total. The Balaban J connectivity index is 2.08. The van der Waals surface area contributed by atoms with Gasteiger partial charge in [-0.15, -0.1) is 0 Å². The van der Waals surface area contributed by atoms with Gasteiger partial charge in [-0.2, -0.15) is 0 Å². The van der Waals surface area contributed by atoms with Crippen molar-refractivity contribution in [2.75, 3.05) is 10.6 Å². The highest BCUT2D eigenvalue weighted by molar-refractivity contribution is 5.96. The molecule has 0 radical (unpaired) electrons. The lowest BCUT2D eigenvalue weighted by Gasteiger charge is -2.17. The number of amides is 2. The molecule has 2 atom stereocenters. The van der Waals surface area contributed by atoms with Gasteiger partial charge in [-0.3, -0.25) is 9.59 Å². The molecule has 1 aliphatic rings. The van der Waals surface area contributed by atoms with Crippen LogP contribution in [0.2, 0.25) is 0 Å². The van der Waals surface area contributed by atoms with E-state index in [-0.39, 0.29) is 17.7 Å². The molecule has 120 valence electrons. The number of hydrogen-bond acceptors (Lipinski definition) is 3. The zero-order chi connectivity index (χ0) is 16.1. The molecule has 0 heterocycles. The highest BCUT2D eigenvalue weighted by Crippen LogP contribution is 2.29. The lowest BCUT2D eigenvalue weighted by atomic mass is 10.0. The number of rotatable bonds is 5. The summed E-state index contributed by atoms with van der Waals surface area (Å²) in [5, 5.41) is 15.6. The van der Waals surface area contributed by atoms with Gasteiger partial charge < -0.3 is 15.7 Å². The fourth-order valence-corrected chi connectivity index (χ4v) is 2.82. The van der Waals surface area contributed by atoms with E-state index in [1.54, 1.807) is 6.07 Å². The SMILES string of the molecule is CCCC(=O)Nc1cccc(NC(=O)C2CCCC2O)c1C. The van der Waals surface area contributed by atoms with Crippen LogP contribution in [0.4, 0.5) is 11.4 Å². The maximum absolute atomic E-state index is 12.3. The summed E-state index contributed by atoms with van der Waals surface area (Å²) in [4.78, 5) is 24.0. The summed E-state index contributed by atoms with van der Waals surface area (Å²) >= 11 is 0. The number of carbonyl (C=O) groups is 2. The molecule has 0 spiro atoms. The van der Waals surface area contributed by atoms with E-state index in [2.05, 4.69) is 10.6 Å². The lowest BCUT2D eigenvalue weighted by molar-refractivity contribution is -0.122. The highest BCUT2D eigenvalue weighted by atomic mass is 16.3. The van der Waals surface area contributed by atoms with Crippen LogP contribution >= 0.6 is 0 Å². The van der Waals surface area contributed by atoms with Crippen molar-refractivity contribution in [3.8, 4) is 0 Å². The van der Waals surface area contributed by atoms with Crippen LogP contribution in [-0.4, -0.2) is 23.0 Å². The summed E-state index contributed by atoms with van der Waals surface area (Å²) in [7, 11) is 0. The minimum Gasteiger partial charge on any atom is -0.392 e. The van der Waals surface area contributed by atoms with Crippen molar-refractivity contribution < 1.29 is 14.7 Å². The Hall–Kier alpha value is -1.88. The summed E-state index contributed by atoms with van der Waals surface area (Å²) < 4.78 is 0. The first kappa shape index (κ1) is 16.5. The first-order valence-electron chi connectivity index (χ1n) is 7.91. The summed E-state index contributed by atoms with van der Waals surface area (Å²) in [6.45, 7) is 3.82. The summed E-state index contributed by atoms with van der Waals surface area (Å²) in [5.41, 5.74) is 2.22. The summed E-state index contributed by atoms with van der Waals surface area (Å²) in [6.07, 6.45) is 3.01. The predicted octanol–water partition coefficient (Wildman–Crippen LogP) is 2.83. The van der Waals surface area contributed by atoms with E-state index in [0.29, 0.717) is 24.2 Å². The molecule has 0 aliphatic heterocycles. The van der Waals surface area contributed by atoms with Crippen LogP contribution in [0.25, 0.3) is 0 Å². The number of nitrogens with one attached hydrogen (secondary N) is 2. The first-order chi connectivity index (χ1) is 10.5. The Morgan fingerprint density at radius 3 is 2.50 bits per heavy atom. The largest absolute Gasteiger partial charge is 0.392 e. The van der Waals surface area contributed by atoms with Crippen LogP contribution in [0.5, 0.6) is 0 Å². The second-order valence-electron chi connectivity index (χ2n) is 5.87. The van der Waals surface area contributed by atoms with Crippen molar-refractivity contribution in [1.29, 1.82) is 0 Å². The number of carbonyl (C=O) groups excluding carboxylic acids is 2. The average molecular weight is 304 g/mol. The molecule has 1 saturated carbocycles. The van der Waals surface area contributed by atoms with Crippen LogP contribution in [0, 0.1) is 12.8 Å². The topological polar surface area (TPSA) is 78.4 Å². The Labute approximate surface area is 131 Å². The number of anilines is 2. The standard InChI is InChI=1S/C17H24N2O3/c1-3-6-16(21)18-13-8-5-9-14(11(13)2)19-17(22)12-7-4-10-15(12)20/h5,8-9,12,15,20H,3-4,6-7,10H2,1-2H3,(H,18,21)(H,19,22). The van der Waals surface area contributed by atoms with Gasteiger partial charge in [-0.25, -0.2) is 0 Å². The third-order valence-corrected chi connectivity index (χ3v) is 4.16. The lowest BCUT2D eigenvalue weighted by Crippen LogP contribution is -2.29.